The van der Waals surface area contributed by atoms with E-state index in [-0.39, 0.29) is 5.56 Å². The van der Waals surface area contributed by atoms with E-state index in [0.29, 0.717) is 18.9 Å². The van der Waals surface area contributed by atoms with Crippen LogP contribution < -0.4 is 10.3 Å². The maximum absolute atomic E-state index is 12.4. The molecule has 112 valence electrons. The van der Waals surface area contributed by atoms with Gasteiger partial charge in [0.1, 0.15) is 5.75 Å². The summed E-state index contributed by atoms with van der Waals surface area (Å²) in [6, 6.07) is 11.7. The van der Waals surface area contributed by atoms with Crippen molar-refractivity contribution >= 4 is 12.6 Å². The van der Waals surface area contributed by atoms with Crippen molar-refractivity contribution in [1.82, 2.24) is 4.57 Å². The van der Waals surface area contributed by atoms with Crippen LogP contribution in [-0.4, -0.2) is 11.2 Å². The van der Waals surface area contributed by atoms with E-state index in [1.165, 1.54) is 0 Å². The highest BCUT2D eigenvalue weighted by Crippen LogP contribution is 2.22. The molecule has 0 radical (unpaired) electrons. The Morgan fingerprint density at radius 1 is 1.10 bits per heavy atom. The number of pyridine rings is 1. The molecule has 2 rings (SSSR count). The zero-order valence-electron chi connectivity index (χ0n) is 12.5. The van der Waals surface area contributed by atoms with Gasteiger partial charge in [-0.2, -0.15) is 12.6 Å². The zero-order chi connectivity index (χ0) is 15.2. The van der Waals surface area contributed by atoms with E-state index in [2.05, 4.69) is 19.6 Å². The summed E-state index contributed by atoms with van der Waals surface area (Å²) < 4.78 is 7.29. The molecular formula is C17H21NO2S. The van der Waals surface area contributed by atoms with Crippen LogP contribution in [0.2, 0.25) is 0 Å². The Balaban J connectivity index is 2.47. The number of rotatable bonds is 6. The summed E-state index contributed by atoms with van der Waals surface area (Å²) in [7, 11) is 0. The number of hydrogen-bond acceptors (Lipinski definition) is 3. The summed E-state index contributed by atoms with van der Waals surface area (Å²) in [5.41, 5.74) is 2.75. The maximum Gasteiger partial charge on any atom is 0.255 e. The fraction of sp³-hybridized carbons (Fsp3) is 0.353. The lowest BCUT2D eigenvalue weighted by Gasteiger charge is -2.14. The van der Waals surface area contributed by atoms with Gasteiger partial charge in [0.05, 0.1) is 12.3 Å². The van der Waals surface area contributed by atoms with E-state index in [1.807, 2.05) is 47.9 Å². The SMILES string of the molecule is CCCn1c(-c2ccc(OCC)cc2)ccc(CS)c1=O. The predicted octanol–water partition coefficient (Wildman–Crippen LogP) is 3.75. The van der Waals surface area contributed by atoms with Crippen molar-refractivity contribution in [3.8, 4) is 17.0 Å². The Morgan fingerprint density at radius 3 is 2.38 bits per heavy atom. The quantitative estimate of drug-likeness (QED) is 0.824. The number of aromatic nitrogens is 1. The van der Waals surface area contributed by atoms with Crippen molar-refractivity contribution in [2.24, 2.45) is 0 Å². The molecule has 0 bridgehead atoms. The molecule has 3 nitrogen and oxygen atoms in total. The van der Waals surface area contributed by atoms with Crippen molar-refractivity contribution in [2.75, 3.05) is 6.61 Å². The maximum atomic E-state index is 12.4. The van der Waals surface area contributed by atoms with Crippen molar-refractivity contribution in [1.29, 1.82) is 0 Å². The number of benzene rings is 1. The van der Waals surface area contributed by atoms with Crippen LogP contribution >= 0.6 is 12.6 Å². The molecule has 0 fully saturated rings. The van der Waals surface area contributed by atoms with E-state index < -0.39 is 0 Å². The molecule has 1 heterocycles. The lowest BCUT2D eigenvalue weighted by atomic mass is 10.1. The van der Waals surface area contributed by atoms with Gasteiger partial charge in [-0.25, -0.2) is 0 Å². The third-order valence-corrected chi connectivity index (χ3v) is 3.67. The molecule has 1 aromatic heterocycles. The fourth-order valence-corrected chi connectivity index (χ4v) is 2.57. The molecule has 0 saturated heterocycles. The molecule has 0 N–H and O–H groups in total. The van der Waals surface area contributed by atoms with Crippen LogP contribution in [0, 0.1) is 0 Å². The summed E-state index contributed by atoms with van der Waals surface area (Å²) in [6.07, 6.45) is 0.917. The second kappa shape index (κ2) is 7.36. The first-order chi connectivity index (χ1) is 10.2. The van der Waals surface area contributed by atoms with Crippen LogP contribution in [0.25, 0.3) is 11.3 Å². The van der Waals surface area contributed by atoms with Gasteiger partial charge in [-0.15, -0.1) is 0 Å². The Kier molecular flexibility index (Phi) is 5.51. The van der Waals surface area contributed by atoms with Crippen LogP contribution in [0.4, 0.5) is 0 Å². The van der Waals surface area contributed by atoms with E-state index in [9.17, 15) is 4.79 Å². The average molecular weight is 303 g/mol. The monoisotopic (exact) mass is 303 g/mol. The molecule has 0 amide bonds. The molecule has 21 heavy (non-hydrogen) atoms. The average Bonchev–Trinajstić information content (AvgIpc) is 2.51. The van der Waals surface area contributed by atoms with Gasteiger partial charge in [-0.3, -0.25) is 4.79 Å². The summed E-state index contributed by atoms with van der Waals surface area (Å²) >= 11 is 4.22. The molecular weight excluding hydrogens is 282 g/mol. The summed E-state index contributed by atoms with van der Waals surface area (Å²) in [4.78, 5) is 12.4. The Hall–Kier alpha value is -1.68. The second-order valence-corrected chi connectivity index (χ2v) is 5.13. The minimum atomic E-state index is 0.0539. The van der Waals surface area contributed by atoms with Crippen LogP contribution in [0.1, 0.15) is 25.8 Å². The van der Waals surface area contributed by atoms with Crippen molar-refractivity contribution in [3.05, 3.63) is 52.3 Å². The molecule has 0 aliphatic rings. The number of nitrogens with zero attached hydrogens (tertiary/aromatic N) is 1. The van der Waals surface area contributed by atoms with Gasteiger partial charge in [0, 0.05) is 17.9 Å². The summed E-state index contributed by atoms with van der Waals surface area (Å²) in [5, 5.41) is 0. The van der Waals surface area contributed by atoms with Gasteiger partial charge >= 0.3 is 0 Å². The van der Waals surface area contributed by atoms with Gasteiger partial charge in [0.15, 0.2) is 0 Å². The third kappa shape index (κ3) is 3.50. The van der Waals surface area contributed by atoms with Gasteiger partial charge in [0.2, 0.25) is 0 Å². The molecule has 2 aromatic rings. The molecule has 0 saturated carbocycles. The van der Waals surface area contributed by atoms with Gasteiger partial charge in [-0.05, 0) is 49.2 Å². The van der Waals surface area contributed by atoms with Crippen LogP contribution in [0.5, 0.6) is 5.75 Å². The number of ether oxygens (including phenoxy) is 1. The van der Waals surface area contributed by atoms with Gasteiger partial charge < -0.3 is 9.30 Å². The first-order valence-corrected chi connectivity index (χ1v) is 7.91. The highest BCUT2D eigenvalue weighted by Gasteiger charge is 2.09. The first kappa shape index (κ1) is 15.7. The lowest BCUT2D eigenvalue weighted by molar-refractivity contribution is 0.340. The van der Waals surface area contributed by atoms with Crippen molar-refractivity contribution in [2.45, 2.75) is 32.6 Å². The largest absolute Gasteiger partial charge is 0.494 e. The molecule has 4 heteroatoms. The van der Waals surface area contributed by atoms with E-state index in [1.54, 1.807) is 0 Å². The van der Waals surface area contributed by atoms with Crippen molar-refractivity contribution in [3.63, 3.8) is 0 Å². The van der Waals surface area contributed by atoms with Crippen LogP contribution in [0.3, 0.4) is 0 Å². The van der Waals surface area contributed by atoms with Crippen LogP contribution in [-0.2, 0) is 12.3 Å². The minimum absolute atomic E-state index is 0.0539. The smallest absolute Gasteiger partial charge is 0.255 e. The Labute approximate surface area is 131 Å². The minimum Gasteiger partial charge on any atom is -0.494 e. The topological polar surface area (TPSA) is 31.2 Å². The molecule has 0 aliphatic heterocycles. The second-order valence-electron chi connectivity index (χ2n) is 4.82. The normalized spacial score (nSPS) is 10.6. The Morgan fingerprint density at radius 2 is 1.81 bits per heavy atom. The standard InChI is InChI=1S/C17H21NO2S/c1-3-11-18-16(10-7-14(12-21)17(18)19)13-5-8-15(9-6-13)20-4-2/h5-10,21H,3-4,11-12H2,1-2H3. The molecule has 0 aliphatic carbocycles. The zero-order valence-corrected chi connectivity index (χ0v) is 13.4. The molecule has 0 unspecified atom stereocenters. The van der Waals surface area contributed by atoms with Gasteiger partial charge in [0.25, 0.3) is 5.56 Å². The third-order valence-electron chi connectivity index (χ3n) is 3.33. The molecule has 0 spiro atoms. The Bertz CT molecular complexity index is 647. The van der Waals surface area contributed by atoms with Gasteiger partial charge in [-0.1, -0.05) is 13.0 Å². The molecule has 0 atom stereocenters. The number of hydrogen-bond donors (Lipinski definition) is 1. The highest BCUT2D eigenvalue weighted by molar-refractivity contribution is 7.79. The fourth-order valence-electron chi connectivity index (χ4n) is 2.33. The summed E-state index contributed by atoms with van der Waals surface area (Å²) in [6.45, 7) is 5.39. The summed E-state index contributed by atoms with van der Waals surface area (Å²) in [5.74, 6) is 1.31. The first-order valence-electron chi connectivity index (χ1n) is 7.28. The lowest BCUT2D eigenvalue weighted by Crippen LogP contribution is -2.24. The van der Waals surface area contributed by atoms with E-state index in [0.717, 1.165) is 29.0 Å². The van der Waals surface area contributed by atoms with Crippen molar-refractivity contribution < 1.29 is 4.74 Å². The van der Waals surface area contributed by atoms with E-state index in [4.69, 9.17) is 4.74 Å². The van der Waals surface area contributed by atoms with E-state index >= 15 is 0 Å². The van der Waals surface area contributed by atoms with Crippen LogP contribution in [0.15, 0.2) is 41.2 Å². The predicted molar refractivity (Wildman–Crippen MR) is 90.3 cm³/mol. The molecule has 1 aromatic carbocycles. The highest BCUT2D eigenvalue weighted by atomic mass is 32.1. The number of thiol groups is 1.